The van der Waals surface area contributed by atoms with E-state index in [0.717, 1.165) is 35.7 Å². The van der Waals surface area contributed by atoms with Gasteiger partial charge < -0.3 is 4.57 Å². The summed E-state index contributed by atoms with van der Waals surface area (Å²) in [5, 5.41) is 2.38. The minimum Gasteiger partial charge on any atom is -0.315 e. The Hall–Kier alpha value is -2.88. The summed E-state index contributed by atoms with van der Waals surface area (Å²) in [5.74, 6) is 0.731. The summed E-state index contributed by atoms with van der Waals surface area (Å²) in [6.07, 6.45) is 5.30. The molecule has 0 saturated carbocycles. The third-order valence-electron chi connectivity index (χ3n) is 4.95. The molecule has 4 nitrogen and oxygen atoms in total. The highest BCUT2D eigenvalue weighted by Crippen LogP contribution is 2.24. The molecule has 0 unspecified atom stereocenters. The van der Waals surface area contributed by atoms with Crippen molar-refractivity contribution in [2.45, 2.75) is 39.7 Å². The predicted molar refractivity (Wildman–Crippen MR) is 107 cm³/mol. The van der Waals surface area contributed by atoms with Gasteiger partial charge in [-0.1, -0.05) is 56.2 Å². The molecule has 26 heavy (non-hydrogen) atoms. The molecule has 0 radical (unpaired) electrons. The molecular weight excluding hydrogens is 322 g/mol. The molecule has 2 heterocycles. The van der Waals surface area contributed by atoms with Crippen LogP contribution in [0.4, 0.5) is 0 Å². The molecule has 2 aromatic carbocycles. The first-order valence-corrected chi connectivity index (χ1v) is 9.26. The van der Waals surface area contributed by atoms with Crippen LogP contribution in [0, 0.1) is 6.92 Å². The van der Waals surface area contributed by atoms with Gasteiger partial charge in [-0.2, -0.15) is 0 Å². The van der Waals surface area contributed by atoms with Crippen LogP contribution in [0.3, 0.4) is 0 Å². The van der Waals surface area contributed by atoms with Crippen LogP contribution in [-0.2, 0) is 6.54 Å². The number of imidazole rings is 1. The SMILES string of the molecule is CCCCCn1c(C)cc(=O)n2cc(-c3ccc4ccccc4c3)nc12. The highest BCUT2D eigenvalue weighted by Gasteiger charge is 2.12. The molecule has 0 N–H and O–H groups in total. The molecule has 0 aliphatic rings. The first kappa shape index (κ1) is 16.6. The van der Waals surface area contributed by atoms with Crippen LogP contribution < -0.4 is 5.56 Å². The molecule has 0 aliphatic heterocycles. The Morgan fingerprint density at radius 3 is 2.62 bits per heavy atom. The van der Waals surface area contributed by atoms with Crippen molar-refractivity contribution in [1.29, 1.82) is 0 Å². The van der Waals surface area contributed by atoms with Gasteiger partial charge in [0, 0.05) is 30.1 Å². The molecule has 4 aromatic rings. The van der Waals surface area contributed by atoms with Crippen molar-refractivity contribution in [3.63, 3.8) is 0 Å². The molecule has 0 spiro atoms. The Kier molecular flexibility index (Phi) is 4.33. The zero-order chi connectivity index (χ0) is 18.1. The fourth-order valence-electron chi connectivity index (χ4n) is 3.49. The van der Waals surface area contributed by atoms with E-state index >= 15 is 0 Å². The predicted octanol–water partition coefficient (Wildman–Crippen LogP) is 4.81. The first-order valence-electron chi connectivity index (χ1n) is 9.26. The van der Waals surface area contributed by atoms with Crippen LogP contribution in [0.5, 0.6) is 0 Å². The maximum absolute atomic E-state index is 12.4. The summed E-state index contributed by atoms with van der Waals surface area (Å²) in [7, 11) is 0. The Labute approximate surface area is 152 Å². The Balaban J connectivity index is 1.84. The van der Waals surface area contributed by atoms with Crippen molar-refractivity contribution >= 4 is 16.6 Å². The molecule has 0 aliphatic carbocycles. The summed E-state index contributed by atoms with van der Waals surface area (Å²) >= 11 is 0. The van der Waals surface area contributed by atoms with E-state index in [1.807, 2.05) is 25.3 Å². The number of rotatable bonds is 5. The molecule has 0 amide bonds. The van der Waals surface area contributed by atoms with Crippen molar-refractivity contribution in [2.75, 3.05) is 0 Å². The van der Waals surface area contributed by atoms with Gasteiger partial charge in [-0.3, -0.25) is 9.20 Å². The normalized spacial score (nSPS) is 11.5. The molecule has 0 bridgehead atoms. The maximum atomic E-state index is 12.4. The Morgan fingerprint density at radius 2 is 1.81 bits per heavy atom. The van der Waals surface area contributed by atoms with Gasteiger partial charge in [-0.15, -0.1) is 0 Å². The third-order valence-corrected chi connectivity index (χ3v) is 4.95. The third kappa shape index (κ3) is 2.92. The van der Waals surface area contributed by atoms with Crippen molar-refractivity contribution in [3.05, 3.63) is 70.8 Å². The number of benzene rings is 2. The Bertz CT molecular complexity index is 1140. The quantitative estimate of drug-likeness (QED) is 0.487. The molecule has 132 valence electrons. The lowest BCUT2D eigenvalue weighted by atomic mass is 10.1. The average molecular weight is 345 g/mol. The van der Waals surface area contributed by atoms with Crippen LogP contribution in [-0.4, -0.2) is 14.0 Å². The molecule has 2 aromatic heterocycles. The molecule has 4 heteroatoms. The zero-order valence-electron chi connectivity index (χ0n) is 15.3. The first-order chi connectivity index (χ1) is 12.7. The van der Waals surface area contributed by atoms with Crippen molar-refractivity contribution in [1.82, 2.24) is 14.0 Å². The van der Waals surface area contributed by atoms with Crippen LogP contribution in [0.1, 0.15) is 31.9 Å². The molecular formula is C22H23N3O. The summed E-state index contributed by atoms with van der Waals surface area (Å²) in [4.78, 5) is 17.3. The standard InChI is InChI=1S/C22H23N3O/c1-3-4-7-12-24-16(2)13-21(26)25-15-20(23-22(24)25)19-11-10-17-8-5-6-9-18(17)14-19/h5-6,8-11,13-15H,3-4,7,12H2,1-2H3. The minimum absolute atomic E-state index is 0.0243. The number of hydrogen-bond donors (Lipinski definition) is 0. The number of aryl methyl sites for hydroxylation is 2. The maximum Gasteiger partial charge on any atom is 0.259 e. The molecule has 0 atom stereocenters. The highest BCUT2D eigenvalue weighted by molar-refractivity contribution is 5.86. The summed E-state index contributed by atoms with van der Waals surface area (Å²) < 4.78 is 3.82. The van der Waals surface area contributed by atoms with E-state index in [2.05, 4.69) is 41.8 Å². The van der Waals surface area contributed by atoms with Crippen molar-refractivity contribution < 1.29 is 0 Å². The van der Waals surface area contributed by atoms with Gasteiger partial charge in [0.2, 0.25) is 5.78 Å². The monoisotopic (exact) mass is 345 g/mol. The van der Waals surface area contributed by atoms with Gasteiger partial charge in [0.05, 0.1) is 5.69 Å². The fraction of sp³-hybridized carbons (Fsp3) is 0.273. The van der Waals surface area contributed by atoms with Gasteiger partial charge in [-0.25, -0.2) is 4.98 Å². The second-order valence-electron chi connectivity index (χ2n) is 6.84. The van der Waals surface area contributed by atoms with Crippen LogP contribution in [0.25, 0.3) is 27.8 Å². The number of hydrogen-bond acceptors (Lipinski definition) is 2. The van der Waals surface area contributed by atoms with Crippen LogP contribution in [0.2, 0.25) is 0 Å². The lowest BCUT2D eigenvalue weighted by Gasteiger charge is -2.11. The van der Waals surface area contributed by atoms with E-state index in [1.54, 1.807) is 10.5 Å². The summed E-state index contributed by atoms with van der Waals surface area (Å²) in [6, 6.07) is 16.3. The summed E-state index contributed by atoms with van der Waals surface area (Å²) in [5.41, 5.74) is 2.81. The molecule has 4 rings (SSSR count). The van der Waals surface area contributed by atoms with Gasteiger partial charge in [0.25, 0.3) is 5.56 Å². The largest absolute Gasteiger partial charge is 0.315 e. The number of aromatic nitrogens is 3. The van der Waals surface area contributed by atoms with Crippen molar-refractivity contribution in [3.8, 4) is 11.3 Å². The number of fused-ring (bicyclic) bond motifs is 2. The fourth-order valence-corrected chi connectivity index (χ4v) is 3.49. The van der Waals surface area contributed by atoms with Gasteiger partial charge in [0.15, 0.2) is 0 Å². The zero-order valence-corrected chi connectivity index (χ0v) is 15.3. The Morgan fingerprint density at radius 1 is 1.00 bits per heavy atom. The lowest BCUT2D eigenvalue weighted by molar-refractivity contribution is 0.590. The van der Waals surface area contributed by atoms with Crippen LogP contribution >= 0.6 is 0 Å². The summed E-state index contributed by atoms with van der Waals surface area (Å²) in [6.45, 7) is 5.07. The van der Waals surface area contributed by atoms with Crippen LogP contribution in [0.15, 0.2) is 59.5 Å². The minimum atomic E-state index is -0.0243. The second kappa shape index (κ2) is 6.79. The second-order valence-corrected chi connectivity index (χ2v) is 6.84. The van der Waals surface area contributed by atoms with E-state index in [1.165, 1.54) is 23.6 Å². The lowest BCUT2D eigenvalue weighted by Crippen LogP contribution is -2.18. The van der Waals surface area contributed by atoms with Crippen molar-refractivity contribution in [2.24, 2.45) is 0 Å². The number of unbranched alkanes of at least 4 members (excludes halogenated alkanes) is 2. The van der Waals surface area contributed by atoms with E-state index < -0.39 is 0 Å². The highest BCUT2D eigenvalue weighted by atomic mass is 16.1. The topological polar surface area (TPSA) is 39.3 Å². The van der Waals surface area contributed by atoms with E-state index in [4.69, 9.17) is 4.98 Å². The van der Waals surface area contributed by atoms with Gasteiger partial charge in [-0.05, 0) is 30.2 Å². The van der Waals surface area contributed by atoms with E-state index in [0.29, 0.717) is 0 Å². The average Bonchev–Trinajstić information content (AvgIpc) is 3.10. The molecule has 0 saturated heterocycles. The van der Waals surface area contributed by atoms with Gasteiger partial charge >= 0.3 is 0 Å². The van der Waals surface area contributed by atoms with E-state index in [-0.39, 0.29) is 5.56 Å². The molecule has 0 fully saturated rings. The number of nitrogens with zero attached hydrogens (tertiary/aromatic N) is 3. The van der Waals surface area contributed by atoms with Gasteiger partial charge in [0.1, 0.15) is 0 Å². The smallest absolute Gasteiger partial charge is 0.259 e. The van der Waals surface area contributed by atoms with E-state index in [9.17, 15) is 4.79 Å².